The van der Waals surface area contributed by atoms with Gasteiger partial charge in [0.15, 0.2) is 5.16 Å². The van der Waals surface area contributed by atoms with Crippen LogP contribution in [0.15, 0.2) is 64.5 Å². The second kappa shape index (κ2) is 9.28. The number of benzene rings is 2. The van der Waals surface area contributed by atoms with E-state index in [1.165, 1.54) is 23.4 Å². The van der Waals surface area contributed by atoms with Gasteiger partial charge in [0.1, 0.15) is 11.5 Å². The van der Waals surface area contributed by atoms with Gasteiger partial charge in [0.05, 0.1) is 19.4 Å². The van der Waals surface area contributed by atoms with Gasteiger partial charge < -0.3 is 14.5 Å². The van der Waals surface area contributed by atoms with Gasteiger partial charge in [-0.3, -0.25) is 4.79 Å². The third-order valence-electron chi connectivity index (χ3n) is 4.03. The Balaban J connectivity index is 1.59. The number of nitrogens with zero attached hydrogens (tertiary/aromatic N) is 1. The molecule has 1 N–H and O–H groups in total. The van der Waals surface area contributed by atoms with Crippen LogP contribution in [0.4, 0.5) is 0 Å². The molecule has 0 radical (unpaired) electrons. The Labute approximate surface area is 162 Å². The van der Waals surface area contributed by atoms with E-state index >= 15 is 0 Å². The first-order chi connectivity index (χ1) is 13.2. The lowest BCUT2D eigenvalue weighted by atomic mass is 10.1. The van der Waals surface area contributed by atoms with E-state index in [0.29, 0.717) is 23.2 Å². The molecule has 27 heavy (non-hydrogen) atoms. The molecule has 0 unspecified atom stereocenters. The van der Waals surface area contributed by atoms with Crippen LogP contribution in [0.3, 0.4) is 0 Å². The number of ether oxygens (including phenoxy) is 2. The topological polar surface area (TPSA) is 64.2 Å². The smallest absolute Gasteiger partial charge is 0.252 e. The molecule has 1 heterocycles. The van der Waals surface area contributed by atoms with Crippen molar-refractivity contribution in [2.24, 2.45) is 0 Å². The zero-order valence-corrected chi connectivity index (χ0v) is 16.2. The summed E-state index contributed by atoms with van der Waals surface area (Å²) in [6.45, 7) is 2.66. The lowest BCUT2D eigenvalue weighted by Crippen LogP contribution is -2.09. The highest BCUT2D eigenvalue weighted by Gasteiger charge is 2.05. The van der Waals surface area contributed by atoms with Crippen LogP contribution < -0.4 is 15.0 Å². The van der Waals surface area contributed by atoms with E-state index in [0.717, 1.165) is 23.5 Å². The van der Waals surface area contributed by atoms with Gasteiger partial charge in [-0.15, -0.1) is 0 Å². The van der Waals surface area contributed by atoms with Gasteiger partial charge in [-0.2, -0.15) is 0 Å². The van der Waals surface area contributed by atoms with E-state index in [-0.39, 0.29) is 5.56 Å². The van der Waals surface area contributed by atoms with Crippen molar-refractivity contribution in [3.05, 3.63) is 70.5 Å². The van der Waals surface area contributed by atoms with Crippen molar-refractivity contribution >= 4 is 11.8 Å². The maximum atomic E-state index is 12.0. The van der Waals surface area contributed by atoms with E-state index < -0.39 is 0 Å². The molecular formula is C21H22N2O3S. The summed E-state index contributed by atoms with van der Waals surface area (Å²) < 4.78 is 10.9. The lowest BCUT2D eigenvalue weighted by Gasteiger charge is -2.07. The first kappa shape index (κ1) is 19.0. The van der Waals surface area contributed by atoms with Crippen molar-refractivity contribution in [3.8, 4) is 22.8 Å². The Bertz CT molecular complexity index is 921. The number of methoxy groups -OCH3 is 1. The van der Waals surface area contributed by atoms with Crippen molar-refractivity contribution < 1.29 is 9.47 Å². The molecule has 0 bridgehead atoms. The van der Waals surface area contributed by atoms with E-state index in [1.54, 1.807) is 7.11 Å². The third kappa shape index (κ3) is 5.37. The van der Waals surface area contributed by atoms with Gasteiger partial charge in [-0.1, -0.05) is 30.8 Å². The summed E-state index contributed by atoms with van der Waals surface area (Å²) in [5.74, 6) is 2.30. The van der Waals surface area contributed by atoms with Crippen LogP contribution in [-0.4, -0.2) is 29.4 Å². The summed E-state index contributed by atoms with van der Waals surface area (Å²) in [5.41, 5.74) is 2.62. The maximum Gasteiger partial charge on any atom is 0.252 e. The molecule has 0 aliphatic rings. The number of aromatic amines is 1. The number of thioether (sulfide) groups is 1. The molecule has 140 valence electrons. The minimum atomic E-state index is -0.172. The van der Waals surface area contributed by atoms with Crippen molar-refractivity contribution in [1.82, 2.24) is 9.97 Å². The van der Waals surface area contributed by atoms with Crippen molar-refractivity contribution in [1.29, 1.82) is 0 Å². The number of H-pyrrole nitrogens is 1. The molecule has 1 aromatic heterocycles. The molecular weight excluding hydrogens is 360 g/mol. The molecule has 6 heteroatoms. The van der Waals surface area contributed by atoms with E-state index in [4.69, 9.17) is 9.47 Å². The minimum absolute atomic E-state index is 0.172. The van der Waals surface area contributed by atoms with E-state index in [2.05, 4.69) is 29.0 Å². The summed E-state index contributed by atoms with van der Waals surface area (Å²) in [7, 11) is 1.62. The summed E-state index contributed by atoms with van der Waals surface area (Å²) >= 11 is 1.46. The van der Waals surface area contributed by atoms with Crippen molar-refractivity contribution in [3.63, 3.8) is 0 Å². The van der Waals surface area contributed by atoms with Crippen LogP contribution in [-0.2, 0) is 6.42 Å². The van der Waals surface area contributed by atoms with Crippen LogP contribution in [0.1, 0.15) is 12.5 Å². The zero-order valence-electron chi connectivity index (χ0n) is 15.4. The van der Waals surface area contributed by atoms with Crippen LogP contribution >= 0.6 is 11.8 Å². The molecule has 0 aliphatic carbocycles. The predicted octanol–water partition coefficient (Wildman–Crippen LogP) is 4.18. The van der Waals surface area contributed by atoms with E-state index in [1.807, 2.05) is 36.4 Å². The fourth-order valence-corrected chi connectivity index (χ4v) is 3.23. The SMILES string of the molecule is CCc1ccc(OCCSc2nc(-c3ccc(OC)cc3)cc(=O)[nH]2)cc1. The molecule has 3 rings (SSSR count). The molecule has 0 spiro atoms. The molecule has 0 atom stereocenters. The second-order valence-corrected chi connectivity index (χ2v) is 6.94. The fourth-order valence-electron chi connectivity index (χ4n) is 2.53. The number of nitrogens with one attached hydrogen (secondary N) is 1. The molecule has 3 aromatic rings. The third-order valence-corrected chi connectivity index (χ3v) is 4.87. The highest BCUT2D eigenvalue weighted by atomic mass is 32.2. The summed E-state index contributed by atoms with van der Waals surface area (Å²) in [5, 5.41) is 0.582. The summed E-state index contributed by atoms with van der Waals surface area (Å²) in [4.78, 5) is 19.3. The highest BCUT2D eigenvalue weighted by Crippen LogP contribution is 2.22. The highest BCUT2D eigenvalue weighted by molar-refractivity contribution is 7.99. The van der Waals surface area contributed by atoms with Crippen LogP contribution in [0.5, 0.6) is 11.5 Å². The van der Waals surface area contributed by atoms with Crippen LogP contribution in [0, 0.1) is 0 Å². The second-order valence-electron chi connectivity index (χ2n) is 5.86. The molecule has 0 amide bonds. The molecule has 2 aromatic carbocycles. The Morgan fingerprint density at radius 3 is 2.41 bits per heavy atom. The standard InChI is InChI=1S/C21H22N2O3S/c1-3-15-4-8-18(9-5-15)26-12-13-27-21-22-19(14-20(24)23-21)16-6-10-17(25-2)11-7-16/h4-11,14H,3,12-13H2,1-2H3,(H,22,23,24). The molecule has 0 saturated heterocycles. The molecule has 0 fully saturated rings. The summed E-state index contributed by atoms with van der Waals surface area (Å²) in [6.07, 6.45) is 1.01. The Morgan fingerprint density at radius 1 is 1.04 bits per heavy atom. The minimum Gasteiger partial charge on any atom is -0.497 e. The number of hydrogen-bond acceptors (Lipinski definition) is 5. The normalized spacial score (nSPS) is 10.6. The van der Waals surface area contributed by atoms with Crippen LogP contribution in [0.2, 0.25) is 0 Å². The Morgan fingerprint density at radius 2 is 1.74 bits per heavy atom. The van der Waals surface area contributed by atoms with Gasteiger partial charge in [-0.25, -0.2) is 4.98 Å². The van der Waals surface area contributed by atoms with Gasteiger partial charge in [0.25, 0.3) is 5.56 Å². The number of aromatic nitrogens is 2. The average Bonchev–Trinajstić information content (AvgIpc) is 2.71. The summed E-state index contributed by atoms with van der Waals surface area (Å²) in [6, 6.07) is 17.1. The predicted molar refractivity (Wildman–Crippen MR) is 109 cm³/mol. The van der Waals surface area contributed by atoms with Gasteiger partial charge in [0.2, 0.25) is 0 Å². The van der Waals surface area contributed by atoms with Crippen LogP contribution in [0.25, 0.3) is 11.3 Å². The first-order valence-corrected chi connectivity index (χ1v) is 9.77. The quantitative estimate of drug-likeness (QED) is 0.360. The maximum absolute atomic E-state index is 12.0. The van der Waals surface area contributed by atoms with Gasteiger partial charge in [-0.05, 0) is 48.4 Å². The average molecular weight is 382 g/mol. The fraction of sp³-hybridized carbons (Fsp3) is 0.238. The lowest BCUT2D eigenvalue weighted by molar-refractivity contribution is 0.344. The van der Waals surface area contributed by atoms with Crippen molar-refractivity contribution in [2.75, 3.05) is 19.5 Å². The molecule has 5 nitrogen and oxygen atoms in total. The largest absolute Gasteiger partial charge is 0.497 e. The Hall–Kier alpha value is -2.73. The van der Waals surface area contributed by atoms with Gasteiger partial charge in [0, 0.05) is 17.4 Å². The molecule has 0 aliphatic heterocycles. The Kier molecular flexibility index (Phi) is 6.54. The number of rotatable bonds is 8. The zero-order chi connectivity index (χ0) is 19.1. The van der Waals surface area contributed by atoms with E-state index in [9.17, 15) is 4.79 Å². The molecule has 0 saturated carbocycles. The monoisotopic (exact) mass is 382 g/mol. The van der Waals surface area contributed by atoms with Crippen molar-refractivity contribution in [2.45, 2.75) is 18.5 Å². The first-order valence-electron chi connectivity index (χ1n) is 8.78. The van der Waals surface area contributed by atoms with Gasteiger partial charge >= 0.3 is 0 Å². The number of aryl methyl sites for hydroxylation is 1. The number of hydrogen-bond donors (Lipinski definition) is 1.